The van der Waals surface area contributed by atoms with Crippen molar-refractivity contribution in [3.8, 4) is 0 Å². The minimum Gasteiger partial charge on any atom is -0.483 e. The molecular formula is C19H29FN4O2. The Bertz CT molecular complexity index is 679. The van der Waals surface area contributed by atoms with E-state index in [0.717, 1.165) is 69.0 Å². The monoisotopic (exact) mass is 364 g/mol. The van der Waals surface area contributed by atoms with Crippen molar-refractivity contribution in [1.82, 2.24) is 19.8 Å². The van der Waals surface area contributed by atoms with Crippen LogP contribution in [0.4, 0.5) is 4.39 Å². The van der Waals surface area contributed by atoms with Gasteiger partial charge >= 0.3 is 0 Å². The van der Waals surface area contributed by atoms with Crippen LogP contribution in [-0.4, -0.2) is 70.6 Å². The van der Waals surface area contributed by atoms with E-state index in [4.69, 9.17) is 9.90 Å². The first kappa shape index (κ1) is 20.3. The maximum Gasteiger partial charge on any atom is 0.290 e. The highest BCUT2D eigenvalue weighted by molar-refractivity contribution is 5.75. The average molecular weight is 364 g/mol. The maximum absolute atomic E-state index is 13.3. The molecule has 2 aromatic rings. The van der Waals surface area contributed by atoms with Crippen LogP contribution in [-0.2, 0) is 4.79 Å². The number of likely N-dealkylation sites (tertiary alicyclic amines) is 1. The van der Waals surface area contributed by atoms with E-state index < -0.39 is 0 Å². The van der Waals surface area contributed by atoms with Gasteiger partial charge in [0.2, 0.25) is 0 Å². The number of benzene rings is 1. The number of rotatable bonds is 6. The van der Waals surface area contributed by atoms with Gasteiger partial charge in [-0.25, -0.2) is 9.37 Å². The summed E-state index contributed by atoms with van der Waals surface area (Å²) in [4.78, 5) is 21.4. The van der Waals surface area contributed by atoms with Crippen molar-refractivity contribution < 1.29 is 14.3 Å². The second-order valence-corrected chi connectivity index (χ2v) is 6.53. The second-order valence-electron chi connectivity index (χ2n) is 6.53. The third-order valence-corrected chi connectivity index (χ3v) is 5.06. The molecule has 1 fully saturated rings. The topological polar surface area (TPSA) is 72.5 Å². The molecule has 1 saturated heterocycles. The van der Waals surface area contributed by atoms with Crippen LogP contribution >= 0.6 is 0 Å². The number of H-pyrrole nitrogens is 1. The fourth-order valence-corrected chi connectivity index (χ4v) is 3.45. The van der Waals surface area contributed by atoms with E-state index >= 15 is 0 Å². The van der Waals surface area contributed by atoms with Crippen LogP contribution in [0.15, 0.2) is 18.2 Å². The SMILES string of the molecule is CCN(CC)CCN1CCC(c2nc3ccc(F)cc3[nH]2)CC1.O=CO. The highest BCUT2D eigenvalue weighted by Gasteiger charge is 2.23. The van der Waals surface area contributed by atoms with Crippen LogP contribution in [0.2, 0.25) is 0 Å². The lowest BCUT2D eigenvalue weighted by molar-refractivity contribution is -0.122. The minimum absolute atomic E-state index is 0.209. The summed E-state index contributed by atoms with van der Waals surface area (Å²) in [5, 5.41) is 6.89. The van der Waals surface area contributed by atoms with Crippen molar-refractivity contribution in [1.29, 1.82) is 0 Å². The van der Waals surface area contributed by atoms with Crippen LogP contribution < -0.4 is 0 Å². The Morgan fingerprint density at radius 3 is 2.62 bits per heavy atom. The molecule has 1 aliphatic rings. The number of imidazole rings is 1. The highest BCUT2D eigenvalue weighted by Crippen LogP contribution is 2.27. The molecule has 0 atom stereocenters. The standard InChI is InChI=1S/C18H27FN4.CH2O2/c1-3-22(4-2)11-12-23-9-7-14(8-10-23)18-20-16-6-5-15(19)13-17(16)21-18;2-1-3/h5-6,13-14H,3-4,7-12H2,1-2H3,(H,20,21);1H,(H,2,3). The fraction of sp³-hybridized carbons (Fsp3) is 0.579. The third kappa shape index (κ3) is 5.51. The lowest BCUT2D eigenvalue weighted by Crippen LogP contribution is -2.39. The Morgan fingerprint density at radius 2 is 2.00 bits per heavy atom. The van der Waals surface area contributed by atoms with Gasteiger partial charge in [0.15, 0.2) is 0 Å². The van der Waals surface area contributed by atoms with Crippen molar-refractivity contribution in [2.75, 3.05) is 39.3 Å². The Labute approximate surface area is 154 Å². The number of fused-ring (bicyclic) bond motifs is 1. The molecule has 1 aromatic heterocycles. The van der Waals surface area contributed by atoms with E-state index in [9.17, 15) is 4.39 Å². The molecule has 7 heteroatoms. The van der Waals surface area contributed by atoms with Crippen LogP contribution in [0, 0.1) is 5.82 Å². The normalized spacial score (nSPS) is 15.8. The van der Waals surface area contributed by atoms with Gasteiger partial charge in [0, 0.05) is 19.0 Å². The van der Waals surface area contributed by atoms with E-state index in [0.29, 0.717) is 5.92 Å². The number of aromatic nitrogens is 2. The Hall–Kier alpha value is -1.99. The molecule has 26 heavy (non-hydrogen) atoms. The van der Waals surface area contributed by atoms with E-state index in [-0.39, 0.29) is 12.3 Å². The minimum atomic E-state index is -0.250. The van der Waals surface area contributed by atoms with Gasteiger partial charge in [-0.3, -0.25) is 4.79 Å². The number of halogens is 1. The van der Waals surface area contributed by atoms with Crippen LogP contribution in [0.25, 0.3) is 11.0 Å². The molecule has 0 unspecified atom stereocenters. The smallest absolute Gasteiger partial charge is 0.290 e. The first-order valence-corrected chi connectivity index (χ1v) is 9.28. The van der Waals surface area contributed by atoms with Crippen molar-refractivity contribution in [2.24, 2.45) is 0 Å². The molecule has 2 N–H and O–H groups in total. The quantitative estimate of drug-likeness (QED) is 0.771. The van der Waals surface area contributed by atoms with Gasteiger partial charge in [0.05, 0.1) is 11.0 Å². The molecule has 2 heterocycles. The van der Waals surface area contributed by atoms with Crippen LogP contribution in [0.1, 0.15) is 38.4 Å². The number of likely N-dealkylation sites (N-methyl/N-ethyl adjacent to an activating group) is 1. The first-order chi connectivity index (χ1) is 12.6. The van der Waals surface area contributed by atoms with Gasteiger partial charge in [0.1, 0.15) is 11.6 Å². The number of hydrogen-bond acceptors (Lipinski definition) is 4. The lowest BCUT2D eigenvalue weighted by Gasteiger charge is -2.32. The second kappa shape index (κ2) is 10.2. The van der Waals surface area contributed by atoms with Crippen molar-refractivity contribution >= 4 is 17.5 Å². The van der Waals surface area contributed by atoms with E-state index in [1.54, 1.807) is 6.07 Å². The number of nitrogens with one attached hydrogen (secondary N) is 1. The zero-order valence-electron chi connectivity index (χ0n) is 15.6. The summed E-state index contributed by atoms with van der Waals surface area (Å²) in [5.74, 6) is 1.28. The van der Waals surface area contributed by atoms with E-state index in [1.807, 2.05) is 0 Å². The molecule has 0 bridgehead atoms. The number of carboxylic acid groups (broad SMARTS) is 1. The van der Waals surface area contributed by atoms with Gasteiger partial charge in [-0.05, 0) is 57.2 Å². The maximum atomic E-state index is 13.3. The Morgan fingerprint density at radius 1 is 1.35 bits per heavy atom. The van der Waals surface area contributed by atoms with Crippen molar-refractivity contribution in [3.05, 3.63) is 29.8 Å². The van der Waals surface area contributed by atoms with Gasteiger partial charge in [0.25, 0.3) is 6.47 Å². The first-order valence-electron chi connectivity index (χ1n) is 9.28. The van der Waals surface area contributed by atoms with E-state index in [2.05, 4.69) is 33.6 Å². The third-order valence-electron chi connectivity index (χ3n) is 5.06. The van der Waals surface area contributed by atoms with Crippen molar-refractivity contribution in [2.45, 2.75) is 32.6 Å². The summed E-state index contributed by atoms with van der Waals surface area (Å²) in [6.07, 6.45) is 2.25. The highest BCUT2D eigenvalue weighted by atomic mass is 19.1. The Balaban J connectivity index is 0.000000758. The molecular weight excluding hydrogens is 335 g/mol. The number of carbonyl (C=O) groups is 1. The molecule has 0 saturated carbocycles. The molecule has 1 aliphatic heterocycles. The van der Waals surface area contributed by atoms with Crippen LogP contribution in [0.5, 0.6) is 0 Å². The van der Waals surface area contributed by atoms with Gasteiger partial charge in [-0.2, -0.15) is 0 Å². The van der Waals surface area contributed by atoms with E-state index in [1.165, 1.54) is 12.1 Å². The predicted octanol–water partition coefficient (Wildman–Crippen LogP) is 2.92. The van der Waals surface area contributed by atoms with Gasteiger partial charge < -0.3 is 19.9 Å². The van der Waals surface area contributed by atoms with Crippen LogP contribution in [0.3, 0.4) is 0 Å². The summed E-state index contributed by atoms with van der Waals surface area (Å²) < 4.78 is 13.3. The molecule has 6 nitrogen and oxygen atoms in total. The predicted molar refractivity (Wildman–Crippen MR) is 101 cm³/mol. The number of piperidine rings is 1. The number of hydrogen-bond donors (Lipinski definition) is 2. The molecule has 3 rings (SSSR count). The summed E-state index contributed by atoms with van der Waals surface area (Å²) in [7, 11) is 0. The zero-order chi connectivity index (χ0) is 18.9. The summed E-state index contributed by atoms with van der Waals surface area (Å²) in [6.45, 7) is 11.0. The largest absolute Gasteiger partial charge is 0.483 e. The molecule has 0 aliphatic carbocycles. The number of aromatic amines is 1. The summed E-state index contributed by atoms with van der Waals surface area (Å²) in [5.41, 5.74) is 1.68. The fourth-order valence-electron chi connectivity index (χ4n) is 3.45. The lowest BCUT2D eigenvalue weighted by atomic mass is 9.96. The summed E-state index contributed by atoms with van der Waals surface area (Å²) in [6, 6.07) is 4.76. The Kier molecular flexibility index (Phi) is 8.00. The zero-order valence-corrected chi connectivity index (χ0v) is 15.6. The molecule has 0 amide bonds. The van der Waals surface area contributed by atoms with Crippen molar-refractivity contribution in [3.63, 3.8) is 0 Å². The number of nitrogens with zero attached hydrogens (tertiary/aromatic N) is 3. The molecule has 0 radical (unpaired) electrons. The van der Waals surface area contributed by atoms with Gasteiger partial charge in [-0.1, -0.05) is 13.8 Å². The molecule has 144 valence electrons. The molecule has 1 aromatic carbocycles. The molecule has 0 spiro atoms. The van der Waals surface area contributed by atoms with Gasteiger partial charge in [-0.15, -0.1) is 0 Å². The summed E-state index contributed by atoms with van der Waals surface area (Å²) >= 11 is 0. The average Bonchev–Trinajstić information content (AvgIpc) is 3.07.